The first-order chi connectivity index (χ1) is 11.4. The van der Waals surface area contributed by atoms with Gasteiger partial charge in [0.1, 0.15) is 23.5 Å². The molecule has 1 heterocycles. The van der Waals surface area contributed by atoms with Crippen LogP contribution in [-0.2, 0) is 4.79 Å². The van der Waals surface area contributed by atoms with Crippen LogP contribution in [0.5, 0.6) is 0 Å². The van der Waals surface area contributed by atoms with E-state index in [1.165, 1.54) is 6.07 Å². The van der Waals surface area contributed by atoms with Crippen LogP contribution in [0.1, 0.15) is 36.2 Å². The van der Waals surface area contributed by atoms with E-state index in [0.717, 1.165) is 24.8 Å². The minimum Gasteiger partial charge on any atom is -0.481 e. The van der Waals surface area contributed by atoms with Crippen LogP contribution in [0, 0.1) is 11.6 Å². The van der Waals surface area contributed by atoms with Gasteiger partial charge in [-0.05, 0) is 31.4 Å². The van der Waals surface area contributed by atoms with Crippen LogP contribution in [0.25, 0.3) is 11.5 Å². The van der Waals surface area contributed by atoms with Gasteiger partial charge in [-0.1, -0.05) is 6.07 Å². The summed E-state index contributed by atoms with van der Waals surface area (Å²) in [4.78, 5) is 27.0. The molecule has 24 heavy (non-hydrogen) atoms. The molecule has 1 aromatic carbocycles. The highest BCUT2D eigenvalue weighted by molar-refractivity contribution is 5.93. The van der Waals surface area contributed by atoms with Gasteiger partial charge in [-0.3, -0.25) is 9.59 Å². The Kier molecular flexibility index (Phi) is 4.04. The second kappa shape index (κ2) is 6.03. The smallest absolute Gasteiger partial charge is 0.305 e. The summed E-state index contributed by atoms with van der Waals surface area (Å²) < 4.78 is 32.5. The third-order valence-electron chi connectivity index (χ3n) is 4.09. The summed E-state index contributed by atoms with van der Waals surface area (Å²) in [5.74, 6) is -3.71. The number of rotatable bonds is 5. The van der Waals surface area contributed by atoms with Gasteiger partial charge in [0.2, 0.25) is 5.89 Å². The number of nitrogens with one attached hydrogen (secondary N) is 1. The first-order valence-corrected chi connectivity index (χ1v) is 7.34. The van der Waals surface area contributed by atoms with Crippen molar-refractivity contribution in [2.24, 2.45) is 0 Å². The van der Waals surface area contributed by atoms with Crippen LogP contribution < -0.4 is 5.32 Å². The highest BCUT2D eigenvalue weighted by Gasteiger charge is 2.41. The van der Waals surface area contributed by atoms with Crippen molar-refractivity contribution in [3.63, 3.8) is 0 Å². The lowest BCUT2D eigenvalue weighted by molar-refractivity contribution is -0.139. The lowest BCUT2D eigenvalue weighted by Gasteiger charge is -2.41. The second-order valence-corrected chi connectivity index (χ2v) is 5.79. The molecular formula is C16H14F2N2O4. The van der Waals surface area contributed by atoms with Gasteiger partial charge in [0.25, 0.3) is 5.91 Å². The maximum atomic E-state index is 13.7. The molecule has 0 aliphatic heterocycles. The van der Waals surface area contributed by atoms with E-state index in [1.807, 2.05) is 0 Å². The average Bonchev–Trinajstić information content (AvgIpc) is 2.94. The van der Waals surface area contributed by atoms with E-state index in [1.54, 1.807) is 0 Å². The zero-order valence-corrected chi connectivity index (χ0v) is 12.5. The topological polar surface area (TPSA) is 92.4 Å². The summed E-state index contributed by atoms with van der Waals surface area (Å²) in [6.07, 6.45) is 2.72. The number of oxazole rings is 1. The molecule has 3 rings (SSSR count). The fraction of sp³-hybridized carbons (Fsp3) is 0.312. The lowest BCUT2D eigenvalue weighted by atomic mass is 9.74. The molecule has 0 saturated heterocycles. The van der Waals surface area contributed by atoms with Crippen molar-refractivity contribution >= 4 is 11.9 Å². The molecule has 2 N–H and O–H groups in total. The van der Waals surface area contributed by atoms with Crippen molar-refractivity contribution in [1.29, 1.82) is 0 Å². The molecule has 0 unspecified atom stereocenters. The number of hydrogen-bond donors (Lipinski definition) is 2. The van der Waals surface area contributed by atoms with Gasteiger partial charge in [-0.15, -0.1) is 0 Å². The normalized spacial score (nSPS) is 15.6. The van der Waals surface area contributed by atoms with Crippen molar-refractivity contribution in [3.8, 4) is 11.5 Å². The Morgan fingerprint density at radius 3 is 2.50 bits per heavy atom. The third kappa shape index (κ3) is 2.99. The molecule has 0 spiro atoms. The van der Waals surface area contributed by atoms with Crippen molar-refractivity contribution in [1.82, 2.24) is 10.3 Å². The monoisotopic (exact) mass is 336 g/mol. The summed E-state index contributed by atoms with van der Waals surface area (Å²) in [5, 5.41) is 11.6. The number of benzene rings is 1. The minimum absolute atomic E-state index is 0.163. The predicted octanol–water partition coefficient (Wildman–Crippen LogP) is 2.75. The van der Waals surface area contributed by atoms with E-state index >= 15 is 0 Å². The summed E-state index contributed by atoms with van der Waals surface area (Å²) >= 11 is 0. The Morgan fingerprint density at radius 2 is 1.96 bits per heavy atom. The van der Waals surface area contributed by atoms with E-state index in [9.17, 15) is 18.4 Å². The number of nitrogens with zero attached hydrogens (tertiary/aromatic N) is 1. The number of aliphatic carboxylic acids is 1. The first-order valence-electron chi connectivity index (χ1n) is 7.34. The maximum Gasteiger partial charge on any atom is 0.305 e. The molecule has 1 aliphatic carbocycles. The first kappa shape index (κ1) is 16.1. The van der Waals surface area contributed by atoms with Crippen LogP contribution in [0.2, 0.25) is 0 Å². The molecule has 2 aromatic rings. The van der Waals surface area contributed by atoms with Gasteiger partial charge in [-0.25, -0.2) is 13.8 Å². The number of carbonyl (C=O) groups excluding carboxylic acids is 1. The maximum absolute atomic E-state index is 13.7. The molecule has 1 saturated carbocycles. The fourth-order valence-electron chi connectivity index (χ4n) is 2.74. The zero-order valence-electron chi connectivity index (χ0n) is 12.5. The second-order valence-electron chi connectivity index (χ2n) is 5.79. The molecule has 126 valence electrons. The Labute approximate surface area is 135 Å². The van der Waals surface area contributed by atoms with E-state index in [2.05, 4.69) is 10.3 Å². The number of hydrogen-bond acceptors (Lipinski definition) is 4. The number of amides is 1. The standard InChI is InChI=1S/C16H14F2N2O4/c17-9-3-1-4-10(18)13(9)15-19-11(8-24-15)14(23)20-16(5-2-6-16)7-12(21)22/h1,3-4,8H,2,5-7H2,(H,20,23)(H,21,22). The molecule has 0 radical (unpaired) electrons. The summed E-state index contributed by atoms with van der Waals surface area (Å²) in [6.45, 7) is 0. The number of halogens is 2. The molecule has 0 atom stereocenters. The van der Waals surface area contributed by atoms with Gasteiger partial charge in [0.15, 0.2) is 5.69 Å². The molecule has 6 nitrogen and oxygen atoms in total. The van der Waals surface area contributed by atoms with Crippen molar-refractivity contribution in [2.45, 2.75) is 31.2 Å². The highest BCUT2D eigenvalue weighted by Crippen LogP contribution is 2.35. The van der Waals surface area contributed by atoms with Crippen molar-refractivity contribution in [2.75, 3.05) is 0 Å². The van der Waals surface area contributed by atoms with Crippen LogP contribution in [0.4, 0.5) is 8.78 Å². The van der Waals surface area contributed by atoms with E-state index < -0.39 is 34.6 Å². The number of aromatic nitrogens is 1. The quantitative estimate of drug-likeness (QED) is 0.876. The van der Waals surface area contributed by atoms with Crippen molar-refractivity contribution in [3.05, 3.63) is 41.8 Å². The van der Waals surface area contributed by atoms with E-state index in [4.69, 9.17) is 9.52 Å². The molecule has 8 heteroatoms. The highest BCUT2D eigenvalue weighted by atomic mass is 19.1. The van der Waals surface area contributed by atoms with Gasteiger partial charge in [0.05, 0.1) is 12.0 Å². The molecule has 0 bridgehead atoms. The Bertz CT molecular complexity index is 779. The number of carboxylic acids is 1. The van der Waals surface area contributed by atoms with Crippen LogP contribution in [-0.4, -0.2) is 27.5 Å². The van der Waals surface area contributed by atoms with Crippen LogP contribution >= 0.6 is 0 Å². The van der Waals surface area contributed by atoms with Crippen LogP contribution in [0.3, 0.4) is 0 Å². The zero-order chi connectivity index (χ0) is 17.3. The van der Waals surface area contributed by atoms with Gasteiger partial charge < -0.3 is 14.8 Å². The molecule has 1 fully saturated rings. The summed E-state index contributed by atoms with van der Waals surface area (Å²) in [5.41, 5.74) is -1.42. The van der Waals surface area contributed by atoms with Crippen LogP contribution in [0.15, 0.2) is 28.9 Å². The lowest BCUT2D eigenvalue weighted by Crippen LogP contribution is -2.54. The molecule has 1 amide bonds. The molecule has 1 aliphatic rings. The largest absolute Gasteiger partial charge is 0.481 e. The van der Waals surface area contributed by atoms with E-state index in [-0.39, 0.29) is 18.0 Å². The SMILES string of the molecule is O=C(O)CC1(NC(=O)c2coc(-c3c(F)cccc3F)n2)CCC1. The average molecular weight is 336 g/mol. The van der Waals surface area contributed by atoms with Gasteiger partial charge in [0, 0.05) is 0 Å². The van der Waals surface area contributed by atoms with Gasteiger partial charge >= 0.3 is 5.97 Å². The summed E-state index contributed by atoms with van der Waals surface area (Å²) in [6, 6.07) is 3.31. The van der Waals surface area contributed by atoms with Crippen molar-refractivity contribution < 1.29 is 27.9 Å². The fourth-order valence-corrected chi connectivity index (χ4v) is 2.74. The Hall–Kier alpha value is -2.77. The molecular weight excluding hydrogens is 322 g/mol. The predicted molar refractivity (Wildman–Crippen MR) is 78.2 cm³/mol. The molecule has 1 aromatic heterocycles. The minimum atomic E-state index is -1.01. The third-order valence-corrected chi connectivity index (χ3v) is 4.09. The number of carbonyl (C=O) groups is 2. The van der Waals surface area contributed by atoms with E-state index in [0.29, 0.717) is 12.8 Å². The Morgan fingerprint density at radius 1 is 1.29 bits per heavy atom. The summed E-state index contributed by atoms with van der Waals surface area (Å²) in [7, 11) is 0. The van der Waals surface area contributed by atoms with Gasteiger partial charge in [-0.2, -0.15) is 0 Å². The Balaban J connectivity index is 1.80. The number of carboxylic acid groups (broad SMARTS) is 1.